The van der Waals surface area contributed by atoms with Crippen LogP contribution in [0.3, 0.4) is 0 Å². The van der Waals surface area contributed by atoms with Crippen molar-refractivity contribution in [1.29, 1.82) is 0 Å². The van der Waals surface area contributed by atoms with E-state index in [1.165, 1.54) is 5.56 Å². The van der Waals surface area contributed by atoms with Gasteiger partial charge in [-0.15, -0.1) is 11.7 Å². The Bertz CT molecular complexity index is 506. The van der Waals surface area contributed by atoms with Crippen molar-refractivity contribution in [3.8, 4) is 0 Å². The average Bonchev–Trinajstić information content (AvgIpc) is 2.70. The smallest absolute Gasteiger partial charge is 0.243 e. The lowest BCUT2D eigenvalue weighted by atomic mass is 10.3. The van der Waals surface area contributed by atoms with E-state index in [0.717, 1.165) is 23.7 Å². The number of nitrogens with zero attached hydrogens (tertiary/aromatic N) is 3. The van der Waals surface area contributed by atoms with Crippen LogP contribution in [0.5, 0.6) is 0 Å². The minimum absolute atomic E-state index is 0.690. The highest BCUT2D eigenvalue weighted by molar-refractivity contribution is 7.99. The van der Waals surface area contributed by atoms with Gasteiger partial charge in [0.15, 0.2) is 5.65 Å². The zero-order chi connectivity index (χ0) is 12.1. The molecule has 2 heterocycles. The van der Waals surface area contributed by atoms with Crippen LogP contribution in [0, 0.1) is 6.92 Å². The molecule has 4 nitrogen and oxygen atoms in total. The largest absolute Gasteiger partial charge is 0.352 e. The standard InChI is InChI=1S/C12H16N4S/c1-3-7-17-8-5-13-12-14-11-9-10(2)4-6-16(11)15-12/h3-4,6,9H,1,5,7-8H2,2H3,(H,13,15). The van der Waals surface area contributed by atoms with E-state index in [4.69, 9.17) is 0 Å². The maximum atomic E-state index is 4.40. The summed E-state index contributed by atoms with van der Waals surface area (Å²) < 4.78 is 1.78. The number of pyridine rings is 1. The molecule has 0 aliphatic carbocycles. The van der Waals surface area contributed by atoms with Gasteiger partial charge >= 0.3 is 0 Å². The maximum Gasteiger partial charge on any atom is 0.243 e. The van der Waals surface area contributed by atoms with Gasteiger partial charge in [0, 0.05) is 24.2 Å². The van der Waals surface area contributed by atoms with Crippen molar-refractivity contribution in [3.05, 3.63) is 36.5 Å². The lowest BCUT2D eigenvalue weighted by Gasteiger charge is -1.99. The van der Waals surface area contributed by atoms with E-state index in [9.17, 15) is 0 Å². The summed E-state index contributed by atoms with van der Waals surface area (Å²) in [6.45, 7) is 6.60. The van der Waals surface area contributed by atoms with Crippen LogP contribution in [-0.4, -0.2) is 32.6 Å². The van der Waals surface area contributed by atoms with Crippen molar-refractivity contribution in [2.45, 2.75) is 6.92 Å². The fourth-order valence-corrected chi connectivity index (χ4v) is 2.04. The molecular weight excluding hydrogens is 232 g/mol. The number of fused-ring (bicyclic) bond motifs is 1. The van der Waals surface area contributed by atoms with E-state index in [2.05, 4.69) is 22.0 Å². The van der Waals surface area contributed by atoms with Crippen molar-refractivity contribution in [2.75, 3.05) is 23.4 Å². The number of hydrogen-bond donors (Lipinski definition) is 1. The second kappa shape index (κ2) is 5.72. The molecule has 5 heteroatoms. The van der Waals surface area contributed by atoms with Crippen LogP contribution in [0.15, 0.2) is 31.0 Å². The number of thioether (sulfide) groups is 1. The second-order valence-electron chi connectivity index (χ2n) is 3.73. The molecule has 2 aromatic heterocycles. The van der Waals surface area contributed by atoms with Gasteiger partial charge in [-0.1, -0.05) is 6.08 Å². The third-order valence-electron chi connectivity index (χ3n) is 2.26. The number of nitrogens with one attached hydrogen (secondary N) is 1. The molecule has 0 saturated carbocycles. The molecule has 0 aliphatic heterocycles. The first-order valence-electron chi connectivity index (χ1n) is 5.55. The second-order valence-corrected chi connectivity index (χ2v) is 4.88. The number of aromatic nitrogens is 3. The minimum atomic E-state index is 0.690. The molecule has 2 aromatic rings. The Labute approximate surface area is 105 Å². The topological polar surface area (TPSA) is 42.2 Å². The van der Waals surface area contributed by atoms with E-state index in [0.29, 0.717) is 5.95 Å². The first-order chi connectivity index (χ1) is 8.29. The summed E-state index contributed by atoms with van der Waals surface area (Å²) in [7, 11) is 0. The molecule has 17 heavy (non-hydrogen) atoms. The fourth-order valence-electron chi connectivity index (χ4n) is 1.46. The Kier molecular flexibility index (Phi) is 4.03. The highest BCUT2D eigenvalue weighted by atomic mass is 32.2. The van der Waals surface area contributed by atoms with Crippen molar-refractivity contribution in [1.82, 2.24) is 14.6 Å². The summed E-state index contributed by atoms with van der Waals surface area (Å²) in [4.78, 5) is 4.40. The molecule has 0 spiro atoms. The number of aryl methyl sites for hydroxylation is 1. The number of anilines is 1. The van der Waals surface area contributed by atoms with Gasteiger partial charge in [-0.2, -0.15) is 16.7 Å². The Morgan fingerprint density at radius 2 is 2.47 bits per heavy atom. The van der Waals surface area contributed by atoms with Gasteiger partial charge in [-0.25, -0.2) is 4.52 Å². The van der Waals surface area contributed by atoms with Crippen LogP contribution < -0.4 is 5.32 Å². The van der Waals surface area contributed by atoms with Gasteiger partial charge in [0.1, 0.15) is 0 Å². The predicted molar refractivity (Wildman–Crippen MR) is 73.7 cm³/mol. The van der Waals surface area contributed by atoms with E-state index < -0.39 is 0 Å². The van der Waals surface area contributed by atoms with Crippen LogP contribution in [-0.2, 0) is 0 Å². The van der Waals surface area contributed by atoms with Crippen molar-refractivity contribution < 1.29 is 0 Å². The van der Waals surface area contributed by atoms with E-state index in [1.807, 2.05) is 43.1 Å². The molecule has 0 fully saturated rings. The molecular formula is C12H16N4S. The summed E-state index contributed by atoms with van der Waals surface area (Å²) in [6.07, 6.45) is 3.84. The highest BCUT2D eigenvalue weighted by Crippen LogP contribution is 2.07. The molecule has 90 valence electrons. The third-order valence-corrected chi connectivity index (χ3v) is 3.22. The van der Waals surface area contributed by atoms with Gasteiger partial charge in [-0.05, 0) is 24.6 Å². The normalized spacial score (nSPS) is 10.6. The van der Waals surface area contributed by atoms with E-state index >= 15 is 0 Å². The molecule has 0 bridgehead atoms. The highest BCUT2D eigenvalue weighted by Gasteiger charge is 2.01. The minimum Gasteiger partial charge on any atom is -0.352 e. The van der Waals surface area contributed by atoms with Gasteiger partial charge in [0.05, 0.1) is 0 Å². The van der Waals surface area contributed by atoms with Gasteiger partial charge in [-0.3, -0.25) is 0 Å². The molecule has 1 N–H and O–H groups in total. The van der Waals surface area contributed by atoms with Crippen molar-refractivity contribution in [3.63, 3.8) is 0 Å². The van der Waals surface area contributed by atoms with Crippen molar-refractivity contribution in [2.24, 2.45) is 0 Å². The zero-order valence-corrected chi connectivity index (χ0v) is 10.7. The first-order valence-corrected chi connectivity index (χ1v) is 6.70. The van der Waals surface area contributed by atoms with Crippen LogP contribution in [0.4, 0.5) is 5.95 Å². The van der Waals surface area contributed by atoms with Crippen LogP contribution in [0.2, 0.25) is 0 Å². The summed E-state index contributed by atoms with van der Waals surface area (Å²) in [6, 6.07) is 4.04. The quantitative estimate of drug-likeness (QED) is 0.629. The summed E-state index contributed by atoms with van der Waals surface area (Å²) in [5.41, 5.74) is 2.07. The Hall–Kier alpha value is -1.49. The Morgan fingerprint density at radius 1 is 1.59 bits per heavy atom. The third kappa shape index (κ3) is 3.23. The summed E-state index contributed by atoms with van der Waals surface area (Å²) in [5, 5.41) is 7.55. The van der Waals surface area contributed by atoms with Crippen LogP contribution in [0.25, 0.3) is 5.65 Å². The number of rotatable bonds is 6. The molecule has 0 unspecified atom stereocenters. The Balaban J connectivity index is 1.93. The molecule has 2 rings (SSSR count). The maximum absolute atomic E-state index is 4.40. The van der Waals surface area contributed by atoms with Crippen LogP contribution in [0.1, 0.15) is 5.56 Å². The summed E-state index contributed by atoms with van der Waals surface area (Å²) >= 11 is 1.84. The lowest BCUT2D eigenvalue weighted by Crippen LogP contribution is -2.05. The molecule has 0 radical (unpaired) electrons. The molecule has 0 atom stereocenters. The van der Waals surface area contributed by atoms with Crippen LogP contribution >= 0.6 is 11.8 Å². The fraction of sp³-hybridized carbons (Fsp3) is 0.333. The number of hydrogen-bond acceptors (Lipinski definition) is 4. The van der Waals surface area contributed by atoms with Gasteiger partial charge < -0.3 is 5.32 Å². The zero-order valence-electron chi connectivity index (χ0n) is 9.89. The lowest BCUT2D eigenvalue weighted by molar-refractivity contribution is 0.953. The Morgan fingerprint density at radius 3 is 3.29 bits per heavy atom. The summed E-state index contributed by atoms with van der Waals surface area (Å²) in [5.74, 6) is 2.70. The predicted octanol–water partition coefficient (Wildman–Crippen LogP) is 2.37. The molecule has 0 saturated heterocycles. The van der Waals surface area contributed by atoms with E-state index in [-0.39, 0.29) is 0 Å². The molecule has 0 aliphatic rings. The molecule has 0 aromatic carbocycles. The van der Waals surface area contributed by atoms with Crippen molar-refractivity contribution >= 4 is 23.4 Å². The van der Waals surface area contributed by atoms with Gasteiger partial charge in [0.2, 0.25) is 5.95 Å². The monoisotopic (exact) mass is 248 g/mol. The average molecular weight is 248 g/mol. The molecule has 0 amide bonds. The van der Waals surface area contributed by atoms with Gasteiger partial charge in [0.25, 0.3) is 0 Å². The van der Waals surface area contributed by atoms with E-state index in [1.54, 1.807) is 4.52 Å². The first kappa shape index (κ1) is 12.0. The SMILES string of the molecule is C=CCSCCNc1nc2cc(C)ccn2n1.